The fraction of sp³-hybridized carbons (Fsp3) is 1.00. The van der Waals surface area contributed by atoms with Crippen LogP contribution in [0.4, 0.5) is 0 Å². The predicted molar refractivity (Wildman–Crippen MR) is 41.8 cm³/mol. The van der Waals surface area contributed by atoms with E-state index in [-0.39, 0.29) is 5.92 Å². The molecule has 0 aliphatic carbocycles. The maximum absolute atomic E-state index is 9.34. The lowest BCUT2D eigenvalue weighted by atomic mass is 9.96. The maximum Gasteiger partial charge on any atom is 0.0824 e. The fourth-order valence-corrected chi connectivity index (χ4v) is 0.862. The summed E-state index contributed by atoms with van der Waals surface area (Å²) in [6.07, 6.45) is 0.453. The van der Waals surface area contributed by atoms with Gasteiger partial charge in [-0.3, -0.25) is 0 Å². The Labute approximate surface area is 62.9 Å². The number of hydrogen-bond donors (Lipinski definition) is 2. The van der Waals surface area contributed by atoms with Gasteiger partial charge in [0.2, 0.25) is 0 Å². The summed E-state index contributed by atoms with van der Waals surface area (Å²) in [5, 5.41) is 18.5. The Bertz CT molecular complexity index is 73.3. The normalized spacial score (nSPS) is 20.1. The van der Waals surface area contributed by atoms with Crippen LogP contribution in [0.25, 0.3) is 0 Å². The van der Waals surface area contributed by atoms with Gasteiger partial charge in [-0.15, -0.1) is 0 Å². The first-order valence-corrected chi connectivity index (χ1v) is 3.99. The third-order valence-electron chi connectivity index (χ3n) is 2.04. The van der Waals surface area contributed by atoms with Crippen LogP contribution in [0.2, 0.25) is 0 Å². The van der Waals surface area contributed by atoms with Gasteiger partial charge in [0.1, 0.15) is 0 Å². The van der Waals surface area contributed by atoms with Crippen molar-refractivity contribution in [2.24, 2.45) is 5.92 Å². The Hall–Kier alpha value is -0.0800. The van der Waals surface area contributed by atoms with Gasteiger partial charge in [0, 0.05) is 0 Å². The summed E-state index contributed by atoms with van der Waals surface area (Å²) in [4.78, 5) is 0. The summed E-state index contributed by atoms with van der Waals surface area (Å²) in [7, 11) is 0. The fourth-order valence-electron chi connectivity index (χ4n) is 0.862. The number of rotatable bonds is 4. The summed E-state index contributed by atoms with van der Waals surface area (Å²) in [5.74, 6) is 0.204. The van der Waals surface area contributed by atoms with Crippen LogP contribution >= 0.6 is 0 Å². The van der Waals surface area contributed by atoms with E-state index in [1.807, 2.05) is 20.8 Å². The van der Waals surface area contributed by atoms with Crippen molar-refractivity contribution in [2.75, 3.05) is 0 Å². The lowest BCUT2D eigenvalue weighted by molar-refractivity contribution is -0.0149. The Morgan fingerprint density at radius 3 is 1.90 bits per heavy atom. The lowest BCUT2D eigenvalue weighted by Crippen LogP contribution is -2.31. The molecule has 2 nitrogen and oxygen atoms in total. The molecule has 0 saturated carbocycles. The highest BCUT2D eigenvalue weighted by Gasteiger charge is 2.19. The standard InChI is InChI=1S/C8H18O2/c1-4-6(3)8(10)7(9)5-2/h6-10H,4-5H2,1-3H3/t6-,7+,8-/m1/s1. The predicted octanol–water partition coefficient (Wildman–Crippen LogP) is 1.16. The van der Waals surface area contributed by atoms with Gasteiger partial charge in [-0.25, -0.2) is 0 Å². The molecule has 2 N–H and O–H groups in total. The molecule has 0 spiro atoms. The molecular formula is C8H18O2. The van der Waals surface area contributed by atoms with Crippen molar-refractivity contribution < 1.29 is 10.2 Å². The molecular weight excluding hydrogens is 128 g/mol. The van der Waals surface area contributed by atoms with Crippen LogP contribution in [0, 0.1) is 5.92 Å². The van der Waals surface area contributed by atoms with Gasteiger partial charge in [-0.1, -0.05) is 27.2 Å². The van der Waals surface area contributed by atoms with Crippen molar-refractivity contribution in [2.45, 2.75) is 45.8 Å². The Balaban J connectivity index is 3.69. The zero-order chi connectivity index (χ0) is 8.15. The van der Waals surface area contributed by atoms with Gasteiger partial charge in [0.15, 0.2) is 0 Å². The van der Waals surface area contributed by atoms with E-state index < -0.39 is 12.2 Å². The third kappa shape index (κ3) is 2.67. The third-order valence-corrected chi connectivity index (χ3v) is 2.04. The molecule has 2 heteroatoms. The minimum absolute atomic E-state index is 0.204. The Kier molecular flexibility index (Phi) is 4.65. The zero-order valence-corrected chi connectivity index (χ0v) is 7.04. The van der Waals surface area contributed by atoms with Crippen LogP contribution in [0.5, 0.6) is 0 Å². The summed E-state index contributed by atoms with van der Waals surface area (Å²) < 4.78 is 0. The summed E-state index contributed by atoms with van der Waals surface area (Å²) in [5.41, 5.74) is 0. The monoisotopic (exact) mass is 146 g/mol. The molecule has 0 aromatic rings. The van der Waals surface area contributed by atoms with Crippen molar-refractivity contribution in [3.63, 3.8) is 0 Å². The van der Waals surface area contributed by atoms with Gasteiger partial charge in [-0.2, -0.15) is 0 Å². The first-order valence-electron chi connectivity index (χ1n) is 3.99. The Morgan fingerprint density at radius 1 is 1.10 bits per heavy atom. The topological polar surface area (TPSA) is 40.5 Å². The van der Waals surface area contributed by atoms with Gasteiger partial charge in [0.25, 0.3) is 0 Å². The highest BCUT2D eigenvalue weighted by atomic mass is 16.3. The average molecular weight is 146 g/mol. The molecule has 0 saturated heterocycles. The van der Waals surface area contributed by atoms with Gasteiger partial charge in [-0.05, 0) is 12.3 Å². The second-order valence-electron chi connectivity index (χ2n) is 2.85. The highest BCUT2D eigenvalue weighted by molar-refractivity contribution is 4.70. The number of aliphatic hydroxyl groups excluding tert-OH is 2. The van der Waals surface area contributed by atoms with E-state index in [2.05, 4.69) is 0 Å². The van der Waals surface area contributed by atoms with Crippen LogP contribution in [0.3, 0.4) is 0 Å². The number of hydrogen-bond acceptors (Lipinski definition) is 2. The molecule has 0 radical (unpaired) electrons. The molecule has 0 aliphatic heterocycles. The van der Waals surface area contributed by atoms with E-state index in [4.69, 9.17) is 0 Å². The van der Waals surface area contributed by atoms with Crippen molar-refractivity contribution >= 4 is 0 Å². The molecule has 0 heterocycles. The molecule has 10 heavy (non-hydrogen) atoms. The minimum atomic E-state index is -0.546. The Morgan fingerprint density at radius 2 is 1.60 bits per heavy atom. The molecule has 0 aromatic carbocycles. The second kappa shape index (κ2) is 4.69. The first-order chi connectivity index (χ1) is 4.63. The van der Waals surface area contributed by atoms with E-state index in [0.29, 0.717) is 6.42 Å². The molecule has 0 amide bonds. The van der Waals surface area contributed by atoms with Crippen molar-refractivity contribution in [1.29, 1.82) is 0 Å². The molecule has 0 rings (SSSR count). The maximum atomic E-state index is 9.34. The molecule has 0 aliphatic rings. The van der Waals surface area contributed by atoms with Crippen LogP contribution in [-0.4, -0.2) is 22.4 Å². The molecule has 62 valence electrons. The quantitative estimate of drug-likeness (QED) is 0.625. The zero-order valence-electron chi connectivity index (χ0n) is 7.04. The van der Waals surface area contributed by atoms with Crippen LogP contribution < -0.4 is 0 Å². The first kappa shape index (κ1) is 9.92. The van der Waals surface area contributed by atoms with E-state index in [9.17, 15) is 10.2 Å². The van der Waals surface area contributed by atoms with Gasteiger partial charge in [0.05, 0.1) is 12.2 Å². The van der Waals surface area contributed by atoms with E-state index in [0.717, 1.165) is 6.42 Å². The van der Waals surface area contributed by atoms with Crippen molar-refractivity contribution in [3.05, 3.63) is 0 Å². The molecule has 0 unspecified atom stereocenters. The average Bonchev–Trinajstić information content (AvgIpc) is 2.00. The van der Waals surface area contributed by atoms with E-state index in [1.54, 1.807) is 0 Å². The number of aliphatic hydroxyl groups is 2. The SMILES string of the molecule is CC[C@@H](C)[C@@H](O)[C@@H](O)CC. The van der Waals surface area contributed by atoms with Crippen molar-refractivity contribution in [1.82, 2.24) is 0 Å². The van der Waals surface area contributed by atoms with E-state index in [1.165, 1.54) is 0 Å². The summed E-state index contributed by atoms with van der Waals surface area (Å²) >= 11 is 0. The van der Waals surface area contributed by atoms with Crippen LogP contribution in [-0.2, 0) is 0 Å². The largest absolute Gasteiger partial charge is 0.390 e. The second-order valence-corrected chi connectivity index (χ2v) is 2.85. The molecule has 0 aromatic heterocycles. The molecule has 0 bridgehead atoms. The highest BCUT2D eigenvalue weighted by Crippen LogP contribution is 2.12. The summed E-state index contributed by atoms with van der Waals surface area (Å²) in [6.45, 7) is 5.83. The smallest absolute Gasteiger partial charge is 0.0824 e. The van der Waals surface area contributed by atoms with Crippen LogP contribution in [0.1, 0.15) is 33.6 Å². The van der Waals surface area contributed by atoms with Crippen LogP contribution in [0.15, 0.2) is 0 Å². The van der Waals surface area contributed by atoms with Crippen molar-refractivity contribution in [3.8, 4) is 0 Å². The minimum Gasteiger partial charge on any atom is -0.390 e. The molecule has 3 atom stereocenters. The lowest BCUT2D eigenvalue weighted by Gasteiger charge is -2.21. The summed E-state index contributed by atoms with van der Waals surface area (Å²) in [6, 6.07) is 0. The van der Waals surface area contributed by atoms with Gasteiger partial charge >= 0.3 is 0 Å². The van der Waals surface area contributed by atoms with E-state index >= 15 is 0 Å². The van der Waals surface area contributed by atoms with Gasteiger partial charge < -0.3 is 10.2 Å². The molecule has 0 fully saturated rings.